The monoisotopic (exact) mass is 406 g/mol. The Bertz CT molecular complexity index is 685. The summed E-state index contributed by atoms with van der Waals surface area (Å²) >= 11 is 0. The minimum absolute atomic E-state index is 0.0622. The van der Waals surface area contributed by atoms with Gasteiger partial charge in [0.1, 0.15) is 0 Å². The standard InChI is InChI=1S/C27H38OSi/c1-5-6-7-8-9-10-11-12-19-24-28-29(27(2,3)4,25-20-15-13-16-21-25)26-22-17-14-18-23-26/h1,13-18,20-23H,6-12,19,24H2,2-4H3. The average molecular weight is 407 g/mol. The third-order valence-corrected chi connectivity index (χ3v) is 10.7. The van der Waals surface area contributed by atoms with Gasteiger partial charge < -0.3 is 4.43 Å². The van der Waals surface area contributed by atoms with Gasteiger partial charge in [0.25, 0.3) is 8.32 Å². The Labute approximate surface area is 180 Å². The number of rotatable bonds is 12. The van der Waals surface area contributed by atoms with Gasteiger partial charge in [0.05, 0.1) is 0 Å². The van der Waals surface area contributed by atoms with Crippen LogP contribution in [0.3, 0.4) is 0 Å². The van der Waals surface area contributed by atoms with Crippen LogP contribution in [0.4, 0.5) is 0 Å². The Morgan fingerprint density at radius 1 is 0.724 bits per heavy atom. The summed E-state index contributed by atoms with van der Waals surface area (Å²) in [5.41, 5.74) is 0. The summed E-state index contributed by atoms with van der Waals surface area (Å²) in [6.45, 7) is 7.87. The van der Waals surface area contributed by atoms with Gasteiger partial charge in [0, 0.05) is 13.0 Å². The molecule has 2 aromatic rings. The van der Waals surface area contributed by atoms with Crippen LogP contribution in [0, 0.1) is 12.3 Å². The molecule has 2 aromatic carbocycles. The van der Waals surface area contributed by atoms with Crippen molar-refractivity contribution in [2.75, 3.05) is 6.61 Å². The van der Waals surface area contributed by atoms with Gasteiger partial charge in [-0.3, -0.25) is 0 Å². The third kappa shape index (κ3) is 6.59. The molecule has 0 aliphatic rings. The minimum Gasteiger partial charge on any atom is -0.407 e. The fourth-order valence-electron chi connectivity index (χ4n) is 4.20. The summed E-state index contributed by atoms with van der Waals surface area (Å²) < 4.78 is 6.94. The first-order valence-electron chi connectivity index (χ1n) is 11.2. The van der Waals surface area contributed by atoms with Crippen LogP contribution >= 0.6 is 0 Å². The number of hydrogen-bond acceptors (Lipinski definition) is 1. The van der Waals surface area contributed by atoms with E-state index in [9.17, 15) is 0 Å². The van der Waals surface area contributed by atoms with E-state index in [1.165, 1.54) is 48.9 Å². The van der Waals surface area contributed by atoms with E-state index >= 15 is 0 Å². The zero-order valence-corrected chi connectivity index (χ0v) is 19.6. The van der Waals surface area contributed by atoms with E-state index in [1.54, 1.807) is 0 Å². The fraction of sp³-hybridized carbons (Fsp3) is 0.481. The molecular weight excluding hydrogens is 368 g/mol. The molecule has 0 fully saturated rings. The molecule has 2 rings (SSSR count). The Kier molecular flexibility index (Phi) is 9.71. The topological polar surface area (TPSA) is 9.23 Å². The van der Waals surface area contributed by atoms with Crippen molar-refractivity contribution in [3.63, 3.8) is 0 Å². The first-order valence-corrected chi connectivity index (χ1v) is 13.1. The predicted octanol–water partition coefficient (Wildman–Crippen LogP) is 6.32. The van der Waals surface area contributed by atoms with Gasteiger partial charge in [0.15, 0.2) is 0 Å². The number of benzene rings is 2. The van der Waals surface area contributed by atoms with E-state index < -0.39 is 8.32 Å². The second-order valence-corrected chi connectivity index (χ2v) is 13.2. The SMILES string of the molecule is C#CCCCCCCCCCO[Si](c1ccccc1)(c1ccccc1)C(C)(C)C. The summed E-state index contributed by atoms with van der Waals surface area (Å²) in [5.74, 6) is 2.73. The maximum absolute atomic E-state index is 6.94. The van der Waals surface area contributed by atoms with E-state index in [0.29, 0.717) is 0 Å². The van der Waals surface area contributed by atoms with Crippen molar-refractivity contribution < 1.29 is 4.43 Å². The Hall–Kier alpha value is -1.82. The maximum atomic E-state index is 6.94. The molecule has 0 saturated heterocycles. The summed E-state index contributed by atoms with van der Waals surface area (Å²) in [6.07, 6.45) is 15.0. The average Bonchev–Trinajstić information content (AvgIpc) is 2.72. The molecule has 0 saturated carbocycles. The molecular formula is C27H38OSi. The molecule has 0 amide bonds. The van der Waals surface area contributed by atoms with Crippen LogP contribution in [-0.2, 0) is 4.43 Å². The first-order chi connectivity index (χ1) is 14.0. The van der Waals surface area contributed by atoms with Crippen molar-refractivity contribution >= 4 is 18.7 Å². The van der Waals surface area contributed by atoms with Gasteiger partial charge in [-0.2, -0.15) is 0 Å². The summed E-state index contributed by atoms with van der Waals surface area (Å²) in [6, 6.07) is 21.8. The third-order valence-electron chi connectivity index (χ3n) is 5.70. The quantitative estimate of drug-likeness (QED) is 0.228. The van der Waals surface area contributed by atoms with Crippen LogP contribution in [-0.4, -0.2) is 14.9 Å². The first kappa shape index (κ1) is 23.5. The van der Waals surface area contributed by atoms with Crippen molar-refractivity contribution in [3.8, 4) is 12.3 Å². The summed E-state index contributed by atoms with van der Waals surface area (Å²) in [7, 11) is -2.36. The Morgan fingerprint density at radius 3 is 1.62 bits per heavy atom. The van der Waals surface area contributed by atoms with Gasteiger partial charge in [-0.05, 0) is 28.3 Å². The molecule has 0 aliphatic heterocycles. The molecule has 0 heterocycles. The van der Waals surface area contributed by atoms with Crippen molar-refractivity contribution in [3.05, 3.63) is 60.7 Å². The van der Waals surface area contributed by atoms with Crippen molar-refractivity contribution in [1.29, 1.82) is 0 Å². The van der Waals surface area contributed by atoms with Crippen molar-refractivity contribution in [2.24, 2.45) is 0 Å². The van der Waals surface area contributed by atoms with E-state index in [2.05, 4.69) is 87.4 Å². The molecule has 0 bridgehead atoms. The molecule has 0 unspecified atom stereocenters. The molecule has 0 atom stereocenters. The van der Waals surface area contributed by atoms with Gasteiger partial charge in [-0.1, -0.05) is 114 Å². The zero-order chi connectivity index (χ0) is 21.0. The van der Waals surface area contributed by atoms with Crippen LogP contribution in [0.1, 0.15) is 72.1 Å². The Morgan fingerprint density at radius 2 is 1.17 bits per heavy atom. The molecule has 0 aliphatic carbocycles. The number of terminal acetylenes is 1. The van der Waals surface area contributed by atoms with Gasteiger partial charge in [0.2, 0.25) is 0 Å². The second-order valence-electron chi connectivity index (χ2n) is 8.94. The normalized spacial score (nSPS) is 11.9. The molecule has 0 aromatic heterocycles. The molecule has 1 nitrogen and oxygen atoms in total. The highest BCUT2D eigenvalue weighted by atomic mass is 28.4. The minimum atomic E-state index is -2.36. The van der Waals surface area contributed by atoms with E-state index in [0.717, 1.165) is 19.4 Å². The lowest BCUT2D eigenvalue weighted by molar-refractivity contribution is 0.286. The Balaban J connectivity index is 2.01. The lowest BCUT2D eigenvalue weighted by Crippen LogP contribution is -2.66. The van der Waals surface area contributed by atoms with Gasteiger partial charge >= 0.3 is 0 Å². The molecule has 29 heavy (non-hydrogen) atoms. The summed E-state index contributed by atoms with van der Waals surface area (Å²) in [5, 5.41) is 2.80. The van der Waals surface area contributed by atoms with Crippen LogP contribution in [0.2, 0.25) is 5.04 Å². The molecule has 2 heteroatoms. The lowest BCUT2D eigenvalue weighted by atomic mass is 10.1. The number of hydrogen-bond donors (Lipinski definition) is 0. The predicted molar refractivity (Wildman–Crippen MR) is 129 cm³/mol. The highest BCUT2D eigenvalue weighted by molar-refractivity contribution is 6.99. The molecule has 0 spiro atoms. The van der Waals surface area contributed by atoms with Crippen molar-refractivity contribution in [1.82, 2.24) is 0 Å². The lowest BCUT2D eigenvalue weighted by Gasteiger charge is -2.43. The summed E-state index contributed by atoms with van der Waals surface area (Å²) in [4.78, 5) is 0. The highest BCUT2D eigenvalue weighted by Crippen LogP contribution is 2.36. The van der Waals surface area contributed by atoms with Gasteiger partial charge in [-0.15, -0.1) is 12.3 Å². The van der Waals surface area contributed by atoms with Gasteiger partial charge in [-0.25, -0.2) is 0 Å². The molecule has 156 valence electrons. The zero-order valence-electron chi connectivity index (χ0n) is 18.6. The maximum Gasteiger partial charge on any atom is 0.261 e. The largest absolute Gasteiger partial charge is 0.407 e. The van der Waals surface area contributed by atoms with Crippen LogP contribution in [0.5, 0.6) is 0 Å². The second kappa shape index (κ2) is 12.0. The van der Waals surface area contributed by atoms with Crippen LogP contribution in [0.15, 0.2) is 60.7 Å². The van der Waals surface area contributed by atoms with E-state index in [1.807, 2.05) is 0 Å². The smallest absolute Gasteiger partial charge is 0.261 e. The van der Waals surface area contributed by atoms with Crippen LogP contribution in [0.25, 0.3) is 0 Å². The molecule has 0 N–H and O–H groups in total. The van der Waals surface area contributed by atoms with Crippen LogP contribution < -0.4 is 10.4 Å². The van der Waals surface area contributed by atoms with Crippen molar-refractivity contribution in [2.45, 2.75) is 77.2 Å². The number of unbranched alkanes of at least 4 members (excludes halogenated alkanes) is 7. The highest BCUT2D eigenvalue weighted by Gasteiger charge is 2.49. The van der Waals surface area contributed by atoms with E-state index in [4.69, 9.17) is 10.8 Å². The van der Waals surface area contributed by atoms with E-state index in [-0.39, 0.29) is 5.04 Å². The fourth-order valence-corrected chi connectivity index (χ4v) is 8.81. The molecule has 0 radical (unpaired) electrons.